The third kappa shape index (κ3) is 4.43. The molecule has 0 aromatic rings. The highest BCUT2D eigenvalue weighted by molar-refractivity contribution is 5.75. The molecule has 2 aliphatic rings. The van der Waals surface area contributed by atoms with Crippen LogP contribution in [0, 0.1) is 17.3 Å². The number of carbonyl (C=O) groups is 1. The van der Waals surface area contributed by atoms with Gasteiger partial charge in [0.05, 0.1) is 5.41 Å². The van der Waals surface area contributed by atoms with Gasteiger partial charge in [-0.05, 0) is 64.7 Å². The van der Waals surface area contributed by atoms with Crippen LogP contribution in [0.1, 0.15) is 45.4 Å². The third-order valence-electron chi connectivity index (χ3n) is 5.53. The van der Waals surface area contributed by atoms with E-state index in [9.17, 15) is 9.90 Å². The minimum absolute atomic E-state index is 0.502. The monoisotopic (exact) mass is 296 g/mol. The van der Waals surface area contributed by atoms with Crippen molar-refractivity contribution in [3.63, 3.8) is 0 Å². The third-order valence-corrected chi connectivity index (χ3v) is 5.53. The van der Waals surface area contributed by atoms with Crippen LogP contribution in [0.2, 0.25) is 0 Å². The summed E-state index contributed by atoms with van der Waals surface area (Å²) in [6, 6.07) is 0. The van der Waals surface area contributed by atoms with E-state index in [2.05, 4.69) is 30.8 Å². The zero-order valence-corrected chi connectivity index (χ0v) is 14.0. The molecule has 0 spiro atoms. The largest absolute Gasteiger partial charge is 0.481 e. The van der Waals surface area contributed by atoms with Crippen LogP contribution in [0.4, 0.5) is 0 Å². The lowest BCUT2D eigenvalue weighted by Crippen LogP contribution is -2.46. The molecule has 0 aromatic carbocycles. The second kappa shape index (κ2) is 7.10. The maximum atomic E-state index is 11.9. The van der Waals surface area contributed by atoms with Crippen molar-refractivity contribution in [2.45, 2.75) is 45.4 Å². The van der Waals surface area contributed by atoms with Crippen LogP contribution in [0.15, 0.2) is 0 Å². The van der Waals surface area contributed by atoms with Crippen LogP contribution >= 0.6 is 0 Å². The highest BCUT2D eigenvalue weighted by Crippen LogP contribution is 2.40. The van der Waals surface area contributed by atoms with Crippen LogP contribution in [0.5, 0.6) is 0 Å². The van der Waals surface area contributed by atoms with E-state index in [0.717, 1.165) is 38.3 Å². The molecule has 2 fully saturated rings. The molecular weight excluding hydrogens is 264 g/mol. The quantitative estimate of drug-likeness (QED) is 0.847. The number of rotatable bonds is 5. The number of hydrogen-bond donors (Lipinski definition) is 1. The van der Waals surface area contributed by atoms with E-state index in [1.165, 1.54) is 32.4 Å². The lowest BCUT2D eigenvalue weighted by molar-refractivity contribution is -0.153. The summed E-state index contributed by atoms with van der Waals surface area (Å²) in [7, 11) is 4.30. The minimum Gasteiger partial charge on any atom is -0.481 e. The molecule has 4 heteroatoms. The van der Waals surface area contributed by atoms with Gasteiger partial charge in [-0.25, -0.2) is 0 Å². The van der Waals surface area contributed by atoms with Gasteiger partial charge in [-0.1, -0.05) is 19.8 Å². The van der Waals surface area contributed by atoms with Gasteiger partial charge in [0.15, 0.2) is 0 Å². The number of carboxylic acid groups (broad SMARTS) is 1. The van der Waals surface area contributed by atoms with Gasteiger partial charge in [-0.3, -0.25) is 4.79 Å². The summed E-state index contributed by atoms with van der Waals surface area (Å²) in [6.07, 6.45) is 6.45. The molecule has 1 aliphatic heterocycles. The minimum atomic E-state index is -0.579. The van der Waals surface area contributed by atoms with Crippen molar-refractivity contribution in [3.8, 4) is 0 Å². The Morgan fingerprint density at radius 1 is 1.33 bits per heavy atom. The van der Waals surface area contributed by atoms with E-state index < -0.39 is 11.4 Å². The second-order valence-electron chi connectivity index (χ2n) is 7.73. The van der Waals surface area contributed by atoms with Gasteiger partial charge >= 0.3 is 5.97 Å². The van der Waals surface area contributed by atoms with Crippen LogP contribution in [0.25, 0.3) is 0 Å². The standard InChI is InChI=1S/C17H32N2O2/c1-14-5-4-8-17(11-14,16(20)21)13-19(3)12-15-6-9-18(2)10-7-15/h14-15H,4-13H2,1-3H3,(H,20,21). The zero-order chi connectivity index (χ0) is 15.5. The SMILES string of the molecule is CC1CCCC(CN(C)CC2CCN(C)CC2)(C(=O)O)C1. The molecule has 21 heavy (non-hydrogen) atoms. The van der Waals surface area contributed by atoms with Gasteiger partial charge in [0.25, 0.3) is 0 Å². The molecule has 2 rings (SSSR count). The van der Waals surface area contributed by atoms with Crippen molar-refractivity contribution >= 4 is 5.97 Å². The van der Waals surface area contributed by atoms with Gasteiger partial charge in [0.2, 0.25) is 0 Å². The topological polar surface area (TPSA) is 43.8 Å². The molecule has 0 amide bonds. The lowest BCUT2D eigenvalue weighted by atomic mass is 9.69. The first-order chi connectivity index (χ1) is 9.91. The van der Waals surface area contributed by atoms with Gasteiger partial charge in [-0.15, -0.1) is 0 Å². The van der Waals surface area contributed by atoms with E-state index in [1.807, 2.05) is 0 Å². The molecule has 1 saturated heterocycles. The zero-order valence-electron chi connectivity index (χ0n) is 14.0. The van der Waals surface area contributed by atoms with E-state index in [0.29, 0.717) is 5.92 Å². The number of carboxylic acids is 1. The van der Waals surface area contributed by atoms with Crippen molar-refractivity contribution in [3.05, 3.63) is 0 Å². The molecule has 1 N–H and O–H groups in total. The molecule has 0 aromatic heterocycles. The predicted molar refractivity (Wildman–Crippen MR) is 85.4 cm³/mol. The maximum absolute atomic E-state index is 11.9. The molecule has 1 heterocycles. The Morgan fingerprint density at radius 2 is 2.00 bits per heavy atom. The lowest BCUT2D eigenvalue weighted by Gasteiger charge is -2.40. The summed E-state index contributed by atoms with van der Waals surface area (Å²) < 4.78 is 0. The summed E-state index contributed by atoms with van der Waals surface area (Å²) in [4.78, 5) is 16.5. The number of aliphatic carboxylic acids is 1. The fourth-order valence-corrected chi connectivity index (χ4v) is 4.33. The highest BCUT2D eigenvalue weighted by Gasteiger charge is 2.42. The molecule has 4 nitrogen and oxygen atoms in total. The first kappa shape index (κ1) is 16.8. The predicted octanol–water partition coefficient (Wildman–Crippen LogP) is 2.54. The van der Waals surface area contributed by atoms with Crippen molar-refractivity contribution < 1.29 is 9.90 Å². The molecule has 0 bridgehead atoms. The van der Waals surface area contributed by atoms with Gasteiger partial charge in [0, 0.05) is 13.1 Å². The Labute approximate surface area is 129 Å². The van der Waals surface area contributed by atoms with Crippen LogP contribution in [0.3, 0.4) is 0 Å². The van der Waals surface area contributed by atoms with E-state index in [1.54, 1.807) is 0 Å². The summed E-state index contributed by atoms with van der Waals surface area (Å²) in [5.41, 5.74) is -0.502. The van der Waals surface area contributed by atoms with Gasteiger partial charge < -0.3 is 14.9 Å². The Morgan fingerprint density at radius 3 is 2.57 bits per heavy atom. The Hall–Kier alpha value is -0.610. The first-order valence-electron chi connectivity index (χ1n) is 8.52. The highest BCUT2D eigenvalue weighted by atomic mass is 16.4. The summed E-state index contributed by atoms with van der Waals surface area (Å²) in [5, 5.41) is 9.76. The maximum Gasteiger partial charge on any atom is 0.310 e. The smallest absolute Gasteiger partial charge is 0.310 e. The number of hydrogen-bond acceptors (Lipinski definition) is 3. The second-order valence-corrected chi connectivity index (χ2v) is 7.73. The first-order valence-corrected chi connectivity index (χ1v) is 8.52. The fourth-order valence-electron chi connectivity index (χ4n) is 4.33. The molecule has 2 unspecified atom stereocenters. The molecular formula is C17H32N2O2. The normalized spacial score (nSPS) is 32.5. The Balaban J connectivity index is 1.89. The Bertz CT molecular complexity index is 353. The number of likely N-dealkylation sites (tertiary alicyclic amines) is 1. The van der Waals surface area contributed by atoms with E-state index in [-0.39, 0.29) is 0 Å². The van der Waals surface area contributed by atoms with E-state index in [4.69, 9.17) is 0 Å². The Kier molecular flexibility index (Phi) is 5.67. The van der Waals surface area contributed by atoms with Gasteiger partial charge in [-0.2, -0.15) is 0 Å². The molecule has 1 saturated carbocycles. The molecule has 0 radical (unpaired) electrons. The number of nitrogens with zero attached hydrogens (tertiary/aromatic N) is 2. The average molecular weight is 296 g/mol. The molecule has 2 atom stereocenters. The van der Waals surface area contributed by atoms with Crippen LogP contribution < -0.4 is 0 Å². The summed E-state index contributed by atoms with van der Waals surface area (Å²) in [6.45, 7) is 6.34. The molecule has 122 valence electrons. The fraction of sp³-hybridized carbons (Fsp3) is 0.941. The van der Waals surface area contributed by atoms with Crippen molar-refractivity contribution in [1.82, 2.24) is 9.80 Å². The van der Waals surface area contributed by atoms with Crippen molar-refractivity contribution in [1.29, 1.82) is 0 Å². The van der Waals surface area contributed by atoms with Crippen LogP contribution in [-0.2, 0) is 4.79 Å². The molecule has 1 aliphatic carbocycles. The van der Waals surface area contributed by atoms with Crippen molar-refractivity contribution in [2.75, 3.05) is 40.3 Å². The number of piperidine rings is 1. The van der Waals surface area contributed by atoms with E-state index >= 15 is 0 Å². The van der Waals surface area contributed by atoms with Crippen LogP contribution in [-0.4, -0.2) is 61.2 Å². The average Bonchev–Trinajstić information content (AvgIpc) is 2.41. The van der Waals surface area contributed by atoms with Crippen molar-refractivity contribution in [2.24, 2.45) is 17.3 Å². The van der Waals surface area contributed by atoms with Gasteiger partial charge in [0.1, 0.15) is 0 Å². The summed E-state index contributed by atoms with van der Waals surface area (Å²) in [5.74, 6) is 0.703. The summed E-state index contributed by atoms with van der Waals surface area (Å²) >= 11 is 0.